The average molecular weight is 449 g/mol. The fraction of sp³-hybridized carbons (Fsp3) is 0.393. The third kappa shape index (κ3) is 4.91. The fourth-order valence-electron chi connectivity index (χ4n) is 3.48. The van der Waals surface area contributed by atoms with Crippen molar-refractivity contribution in [3.05, 3.63) is 65.7 Å². The van der Waals surface area contributed by atoms with Gasteiger partial charge in [-0.2, -0.15) is 0 Å². The summed E-state index contributed by atoms with van der Waals surface area (Å²) in [4.78, 5) is 11.8. The van der Waals surface area contributed by atoms with Gasteiger partial charge in [-0.05, 0) is 81.3 Å². The number of fused-ring (bicyclic) bond motifs is 1. The highest BCUT2D eigenvalue weighted by molar-refractivity contribution is 6.74. The van der Waals surface area contributed by atoms with Crippen LogP contribution >= 0.6 is 0 Å². The summed E-state index contributed by atoms with van der Waals surface area (Å²) in [5.41, 5.74) is 4.06. The number of rotatable bonds is 4. The van der Waals surface area contributed by atoms with Gasteiger partial charge in [-0.1, -0.05) is 65.8 Å². The number of hydrogen-bond acceptors (Lipinski definition) is 3. The van der Waals surface area contributed by atoms with Gasteiger partial charge in [0.05, 0.1) is 12.7 Å². The second-order valence-corrected chi connectivity index (χ2v) is 15.8. The predicted molar refractivity (Wildman–Crippen MR) is 137 cm³/mol. The van der Waals surface area contributed by atoms with Crippen LogP contribution in [0.3, 0.4) is 0 Å². The van der Waals surface area contributed by atoms with Gasteiger partial charge in [0, 0.05) is 0 Å². The molecule has 0 saturated carbocycles. The number of carbonyl (C=O) groups is 1. The van der Waals surface area contributed by atoms with Crippen LogP contribution in [0.5, 0.6) is 5.75 Å². The van der Waals surface area contributed by atoms with Gasteiger partial charge < -0.3 is 9.16 Å². The van der Waals surface area contributed by atoms with E-state index in [9.17, 15) is 4.79 Å². The van der Waals surface area contributed by atoms with Gasteiger partial charge in [0.25, 0.3) is 0 Å². The van der Waals surface area contributed by atoms with E-state index in [1.807, 2.05) is 18.2 Å². The highest BCUT2D eigenvalue weighted by Gasteiger charge is 2.39. The number of carbonyl (C=O) groups excluding carboxylic acids is 1. The zero-order chi connectivity index (χ0) is 23.9. The maximum atomic E-state index is 11.8. The van der Waals surface area contributed by atoms with Crippen molar-refractivity contribution in [3.63, 3.8) is 0 Å². The Kier molecular flexibility index (Phi) is 6.31. The SMILES string of the molecule is COC(=O)c1ccc2cc(-c3ccc(O[Si](C)(C)C(C)(C)C)c(C(C)(C)C)c3)ccc2c1. The predicted octanol–water partition coefficient (Wildman–Crippen LogP) is 7.97. The van der Waals surface area contributed by atoms with Crippen molar-refractivity contribution < 1.29 is 14.0 Å². The van der Waals surface area contributed by atoms with Crippen molar-refractivity contribution in [1.82, 2.24) is 0 Å². The molecule has 3 aromatic rings. The van der Waals surface area contributed by atoms with Gasteiger partial charge in [0.15, 0.2) is 0 Å². The third-order valence-corrected chi connectivity index (χ3v) is 10.9. The van der Waals surface area contributed by atoms with Gasteiger partial charge in [-0.25, -0.2) is 4.79 Å². The molecule has 0 aliphatic rings. The Morgan fingerprint density at radius 3 is 1.94 bits per heavy atom. The zero-order valence-corrected chi connectivity index (χ0v) is 21.9. The first-order chi connectivity index (χ1) is 14.7. The van der Waals surface area contributed by atoms with Crippen LogP contribution in [0.4, 0.5) is 0 Å². The molecule has 0 heterocycles. The lowest BCUT2D eigenvalue weighted by molar-refractivity contribution is 0.0601. The molecule has 0 spiro atoms. The van der Waals surface area contributed by atoms with E-state index < -0.39 is 8.32 Å². The molecule has 0 amide bonds. The Morgan fingerprint density at radius 2 is 1.34 bits per heavy atom. The van der Waals surface area contributed by atoms with Gasteiger partial charge in [-0.15, -0.1) is 0 Å². The van der Waals surface area contributed by atoms with E-state index >= 15 is 0 Å². The molecule has 0 radical (unpaired) electrons. The molecule has 0 fully saturated rings. The lowest BCUT2D eigenvalue weighted by atomic mass is 9.84. The molecular weight excluding hydrogens is 412 g/mol. The first-order valence-electron chi connectivity index (χ1n) is 11.2. The first kappa shape index (κ1) is 24.1. The van der Waals surface area contributed by atoms with E-state index in [2.05, 4.69) is 91.0 Å². The van der Waals surface area contributed by atoms with Crippen LogP contribution in [0.1, 0.15) is 57.5 Å². The molecule has 3 rings (SSSR count). The molecular formula is C28H36O3Si. The second kappa shape index (κ2) is 8.40. The highest BCUT2D eigenvalue weighted by Crippen LogP contribution is 2.42. The Bertz CT molecular complexity index is 1150. The van der Waals surface area contributed by atoms with Crippen LogP contribution in [-0.4, -0.2) is 21.4 Å². The van der Waals surface area contributed by atoms with E-state index in [4.69, 9.17) is 9.16 Å². The maximum absolute atomic E-state index is 11.8. The van der Waals surface area contributed by atoms with E-state index in [1.165, 1.54) is 12.7 Å². The molecule has 0 atom stereocenters. The van der Waals surface area contributed by atoms with Gasteiger partial charge in [-0.3, -0.25) is 0 Å². The van der Waals surface area contributed by atoms with Crippen LogP contribution in [0.25, 0.3) is 21.9 Å². The van der Waals surface area contributed by atoms with Crippen LogP contribution in [0.15, 0.2) is 54.6 Å². The number of benzene rings is 3. The summed E-state index contributed by atoms with van der Waals surface area (Å²) >= 11 is 0. The minimum absolute atomic E-state index is 0.0417. The molecule has 0 unspecified atom stereocenters. The number of esters is 1. The minimum atomic E-state index is -1.94. The molecule has 0 aromatic heterocycles. The topological polar surface area (TPSA) is 35.5 Å². The molecule has 0 aliphatic carbocycles. The Hall–Kier alpha value is -2.59. The quantitative estimate of drug-likeness (QED) is 0.300. The molecule has 4 heteroatoms. The summed E-state index contributed by atoms with van der Waals surface area (Å²) in [6.45, 7) is 18.1. The largest absolute Gasteiger partial charge is 0.543 e. The molecule has 0 N–H and O–H groups in total. The maximum Gasteiger partial charge on any atom is 0.337 e. The number of ether oxygens (including phenoxy) is 1. The molecule has 0 saturated heterocycles. The number of hydrogen-bond donors (Lipinski definition) is 0. The Balaban J connectivity index is 2.05. The molecule has 0 aliphatic heterocycles. The smallest absolute Gasteiger partial charge is 0.337 e. The monoisotopic (exact) mass is 448 g/mol. The highest BCUT2D eigenvalue weighted by atomic mass is 28.4. The summed E-state index contributed by atoms with van der Waals surface area (Å²) < 4.78 is 11.6. The van der Waals surface area contributed by atoms with E-state index in [1.54, 1.807) is 0 Å². The van der Waals surface area contributed by atoms with Crippen molar-refractivity contribution in [3.8, 4) is 16.9 Å². The first-order valence-corrected chi connectivity index (χ1v) is 14.1. The van der Waals surface area contributed by atoms with E-state index in [-0.39, 0.29) is 16.4 Å². The van der Waals surface area contributed by atoms with Crippen molar-refractivity contribution in [2.75, 3.05) is 7.11 Å². The minimum Gasteiger partial charge on any atom is -0.543 e. The fourth-order valence-corrected chi connectivity index (χ4v) is 4.52. The van der Waals surface area contributed by atoms with Gasteiger partial charge in [0.1, 0.15) is 5.75 Å². The normalized spacial score (nSPS) is 12.7. The van der Waals surface area contributed by atoms with E-state index in [0.29, 0.717) is 5.56 Å². The molecule has 32 heavy (non-hydrogen) atoms. The van der Waals surface area contributed by atoms with Crippen LogP contribution < -0.4 is 4.43 Å². The zero-order valence-electron chi connectivity index (χ0n) is 20.9. The van der Waals surface area contributed by atoms with Gasteiger partial charge in [0.2, 0.25) is 8.32 Å². The standard InChI is InChI=1S/C28H36O3Si/c1-27(2,3)24-18-22(14-15-25(24)31-32(8,9)28(4,5)6)20-10-11-21-17-23(26(29)30-7)13-12-19(21)16-20/h10-18H,1-9H3. The summed E-state index contributed by atoms with van der Waals surface area (Å²) in [6, 6.07) is 18.6. The van der Waals surface area contributed by atoms with Gasteiger partial charge >= 0.3 is 5.97 Å². The van der Waals surface area contributed by atoms with Crippen LogP contribution in [0.2, 0.25) is 18.1 Å². The van der Waals surface area contributed by atoms with Crippen LogP contribution in [-0.2, 0) is 10.2 Å². The lowest BCUT2D eigenvalue weighted by Crippen LogP contribution is -2.44. The van der Waals surface area contributed by atoms with Crippen molar-refractivity contribution in [2.45, 2.75) is 65.1 Å². The van der Waals surface area contributed by atoms with Crippen molar-refractivity contribution in [2.24, 2.45) is 0 Å². The molecule has 0 bridgehead atoms. The van der Waals surface area contributed by atoms with Crippen molar-refractivity contribution in [1.29, 1.82) is 0 Å². The summed E-state index contributed by atoms with van der Waals surface area (Å²) in [5.74, 6) is 0.680. The Morgan fingerprint density at radius 1 is 0.781 bits per heavy atom. The molecule has 170 valence electrons. The third-order valence-electron chi connectivity index (χ3n) is 6.55. The summed E-state index contributed by atoms with van der Waals surface area (Å²) in [6.07, 6.45) is 0. The molecule has 3 aromatic carbocycles. The van der Waals surface area contributed by atoms with E-state index in [0.717, 1.165) is 27.6 Å². The lowest BCUT2D eigenvalue weighted by Gasteiger charge is -2.38. The molecule has 3 nitrogen and oxygen atoms in total. The second-order valence-electron chi connectivity index (χ2n) is 11.1. The summed E-state index contributed by atoms with van der Waals surface area (Å²) in [5, 5.41) is 2.25. The Labute approximate surface area is 193 Å². The van der Waals surface area contributed by atoms with Crippen LogP contribution in [0, 0.1) is 0 Å². The number of methoxy groups -OCH3 is 1. The summed E-state index contributed by atoms with van der Waals surface area (Å²) in [7, 11) is -0.541. The average Bonchev–Trinajstić information content (AvgIpc) is 2.70. The van der Waals surface area contributed by atoms with Crippen molar-refractivity contribution >= 4 is 25.1 Å².